The van der Waals surface area contributed by atoms with Gasteiger partial charge in [-0.1, -0.05) is 26.0 Å². The number of hydrogen-bond acceptors (Lipinski definition) is 7. The van der Waals surface area contributed by atoms with Crippen LogP contribution in [0.5, 0.6) is 0 Å². The molecule has 0 bridgehead atoms. The predicted molar refractivity (Wildman–Crippen MR) is 161 cm³/mol. The summed E-state index contributed by atoms with van der Waals surface area (Å²) in [6.45, 7) is 10.7. The van der Waals surface area contributed by atoms with Gasteiger partial charge in [0.1, 0.15) is 5.82 Å². The van der Waals surface area contributed by atoms with E-state index in [1.807, 2.05) is 65.1 Å². The van der Waals surface area contributed by atoms with Gasteiger partial charge in [-0.05, 0) is 80.9 Å². The molecule has 2 aromatic carbocycles. The minimum Gasteiger partial charge on any atom is -0.466 e. The van der Waals surface area contributed by atoms with E-state index in [2.05, 4.69) is 21.3 Å². The second-order valence-corrected chi connectivity index (χ2v) is 8.58. The molecule has 0 saturated heterocycles. The number of aromatic nitrogens is 1. The number of anilines is 3. The molecule has 0 unspecified atom stereocenters. The number of nitriles is 1. The van der Waals surface area contributed by atoms with E-state index in [1.54, 1.807) is 49.5 Å². The fourth-order valence-electron chi connectivity index (χ4n) is 4.01. The molecule has 3 aromatic rings. The summed E-state index contributed by atoms with van der Waals surface area (Å²) >= 11 is 0. The minimum atomic E-state index is -0.358. The zero-order chi connectivity index (χ0) is 29.5. The Morgan fingerprint density at radius 2 is 1.82 bits per heavy atom. The van der Waals surface area contributed by atoms with Gasteiger partial charge in [0, 0.05) is 42.4 Å². The third-order valence-electron chi connectivity index (χ3n) is 6.07. The Hall–Kier alpha value is -4.64. The summed E-state index contributed by atoms with van der Waals surface area (Å²) < 4.78 is 5.04. The zero-order valence-corrected chi connectivity index (χ0v) is 24.3. The van der Waals surface area contributed by atoms with Crippen LogP contribution in [0.15, 0.2) is 78.6 Å². The van der Waals surface area contributed by atoms with Crippen LogP contribution >= 0.6 is 0 Å². The van der Waals surface area contributed by atoms with Crippen molar-refractivity contribution < 1.29 is 14.3 Å². The molecule has 0 spiro atoms. The van der Waals surface area contributed by atoms with Crippen LogP contribution in [0.4, 0.5) is 17.2 Å². The highest BCUT2D eigenvalue weighted by atomic mass is 16.5. The molecule has 0 aliphatic carbocycles. The number of carbonyl (C=O) groups excluding carboxylic acids is 2. The molecule has 0 aliphatic rings. The molecule has 0 radical (unpaired) electrons. The Kier molecular flexibility index (Phi) is 12.9. The third kappa shape index (κ3) is 8.70. The van der Waals surface area contributed by atoms with E-state index in [9.17, 15) is 9.59 Å². The van der Waals surface area contributed by atoms with Gasteiger partial charge in [-0.25, -0.2) is 4.98 Å². The van der Waals surface area contributed by atoms with E-state index in [1.165, 1.54) is 4.90 Å². The summed E-state index contributed by atoms with van der Waals surface area (Å²) in [7, 11) is 1.99. The second kappa shape index (κ2) is 16.4. The molecule has 1 amide bonds. The van der Waals surface area contributed by atoms with E-state index in [0.29, 0.717) is 30.1 Å². The SMILES string of the molecule is C/C=C(\CNc1ccc(C#N)cc1)N(C)c1ccc(C(=O)N(CCC(=O)OCC)c2ccccn2)cc1C.CC. The summed E-state index contributed by atoms with van der Waals surface area (Å²) in [5, 5.41) is 12.4. The monoisotopic (exact) mass is 541 g/mol. The molecule has 1 N–H and O–H groups in total. The van der Waals surface area contributed by atoms with Gasteiger partial charge in [0.2, 0.25) is 0 Å². The molecule has 0 saturated carbocycles. The lowest BCUT2D eigenvalue weighted by atomic mass is 10.1. The van der Waals surface area contributed by atoms with E-state index in [0.717, 1.165) is 22.6 Å². The molecule has 1 heterocycles. The van der Waals surface area contributed by atoms with Gasteiger partial charge in [-0.2, -0.15) is 5.26 Å². The van der Waals surface area contributed by atoms with Crippen LogP contribution in [0, 0.1) is 18.3 Å². The van der Waals surface area contributed by atoms with Crippen molar-refractivity contribution in [3.63, 3.8) is 0 Å². The van der Waals surface area contributed by atoms with Gasteiger partial charge < -0.3 is 15.0 Å². The van der Waals surface area contributed by atoms with E-state index in [-0.39, 0.29) is 24.8 Å². The summed E-state index contributed by atoms with van der Waals surface area (Å²) in [4.78, 5) is 33.4. The fraction of sp³-hybridized carbons (Fsp3) is 0.312. The molecule has 8 nitrogen and oxygen atoms in total. The number of aryl methyl sites for hydroxylation is 1. The molecule has 0 atom stereocenters. The van der Waals surface area contributed by atoms with Crippen molar-refractivity contribution in [1.29, 1.82) is 5.26 Å². The summed E-state index contributed by atoms with van der Waals surface area (Å²) in [6, 6.07) is 20.4. The standard InChI is InChI=1S/C30H33N5O3.C2H6/c1-5-26(21-33-25-13-10-23(20-31)11-14-25)34(4)27-15-12-24(19-22(27)3)30(37)35(18-16-29(36)38-6-2)28-9-7-8-17-32-28;1-2/h5,7-15,17,19,33H,6,16,18,21H2,1-4H3;1-2H3/b26-5+;. The summed E-state index contributed by atoms with van der Waals surface area (Å²) in [5.41, 5.74) is 4.99. The maximum atomic E-state index is 13.5. The van der Waals surface area contributed by atoms with E-state index >= 15 is 0 Å². The van der Waals surface area contributed by atoms with Gasteiger partial charge in [-0.3, -0.25) is 14.5 Å². The van der Waals surface area contributed by atoms with Crippen LogP contribution in [-0.4, -0.2) is 43.6 Å². The Morgan fingerprint density at radius 1 is 1.10 bits per heavy atom. The lowest BCUT2D eigenvalue weighted by Crippen LogP contribution is -2.34. The largest absolute Gasteiger partial charge is 0.466 e. The fourth-order valence-corrected chi connectivity index (χ4v) is 4.01. The first-order valence-electron chi connectivity index (χ1n) is 13.5. The highest BCUT2D eigenvalue weighted by Crippen LogP contribution is 2.25. The number of benzene rings is 2. The number of ether oxygens (including phenoxy) is 1. The second-order valence-electron chi connectivity index (χ2n) is 8.58. The Bertz CT molecular complexity index is 1310. The average molecular weight is 542 g/mol. The van der Waals surface area contributed by atoms with Gasteiger partial charge >= 0.3 is 5.97 Å². The first-order chi connectivity index (χ1) is 19.4. The van der Waals surface area contributed by atoms with Crippen molar-refractivity contribution in [2.75, 3.05) is 41.9 Å². The van der Waals surface area contributed by atoms with Crippen LogP contribution in [-0.2, 0) is 9.53 Å². The summed E-state index contributed by atoms with van der Waals surface area (Å²) in [6.07, 6.45) is 3.73. The normalized spacial score (nSPS) is 10.5. The number of hydrogen-bond donors (Lipinski definition) is 1. The summed E-state index contributed by atoms with van der Waals surface area (Å²) in [5.74, 6) is -0.118. The minimum absolute atomic E-state index is 0.0762. The Labute approximate surface area is 237 Å². The number of nitrogens with zero attached hydrogens (tertiary/aromatic N) is 4. The lowest BCUT2D eigenvalue weighted by molar-refractivity contribution is -0.142. The van der Waals surface area contributed by atoms with Gasteiger partial charge in [0.15, 0.2) is 0 Å². The molecular formula is C32H39N5O3. The van der Waals surface area contributed by atoms with Crippen molar-refractivity contribution in [3.05, 3.63) is 95.3 Å². The Morgan fingerprint density at radius 3 is 2.40 bits per heavy atom. The number of amides is 1. The maximum absolute atomic E-state index is 13.5. The number of rotatable bonds is 11. The third-order valence-corrected chi connectivity index (χ3v) is 6.07. The van der Waals surface area contributed by atoms with Crippen LogP contribution in [0.25, 0.3) is 0 Å². The van der Waals surface area contributed by atoms with Crippen LogP contribution < -0.4 is 15.1 Å². The van der Waals surface area contributed by atoms with Crippen LogP contribution in [0.2, 0.25) is 0 Å². The van der Waals surface area contributed by atoms with Crippen LogP contribution in [0.3, 0.4) is 0 Å². The average Bonchev–Trinajstić information content (AvgIpc) is 2.99. The molecule has 1 aromatic heterocycles. The van der Waals surface area contributed by atoms with Crippen molar-refractivity contribution in [2.45, 2.75) is 41.0 Å². The van der Waals surface area contributed by atoms with Crippen molar-refractivity contribution in [3.8, 4) is 6.07 Å². The topological polar surface area (TPSA) is 98.6 Å². The Balaban J connectivity index is 0.00000274. The first kappa shape index (κ1) is 31.6. The number of nitrogens with one attached hydrogen (secondary N) is 1. The number of likely N-dealkylation sites (N-methyl/N-ethyl adjacent to an activating group) is 1. The van der Waals surface area contributed by atoms with E-state index < -0.39 is 0 Å². The van der Waals surface area contributed by atoms with E-state index in [4.69, 9.17) is 10.00 Å². The first-order valence-corrected chi connectivity index (χ1v) is 13.5. The maximum Gasteiger partial charge on any atom is 0.307 e. The number of pyridine rings is 1. The quantitative estimate of drug-likeness (QED) is 0.283. The lowest BCUT2D eigenvalue weighted by Gasteiger charge is -2.26. The van der Waals surface area contributed by atoms with Crippen LogP contribution in [0.1, 0.15) is 55.6 Å². The molecule has 40 heavy (non-hydrogen) atoms. The number of carbonyl (C=O) groups is 2. The van der Waals surface area contributed by atoms with Gasteiger partial charge in [0.25, 0.3) is 5.91 Å². The molecule has 0 aliphatic heterocycles. The number of allylic oxidation sites excluding steroid dienone is 1. The molecule has 0 fully saturated rings. The highest BCUT2D eigenvalue weighted by Gasteiger charge is 2.21. The highest BCUT2D eigenvalue weighted by molar-refractivity contribution is 6.06. The van der Waals surface area contributed by atoms with Gasteiger partial charge in [-0.15, -0.1) is 0 Å². The van der Waals surface area contributed by atoms with Crippen molar-refractivity contribution in [1.82, 2.24) is 4.98 Å². The zero-order valence-electron chi connectivity index (χ0n) is 24.3. The van der Waals surface area contributed by atoms with Crippen molar-refractivity contribution in [2.24, 2.45) is 0 Å². The van der Waals surface area contributed by atoms with Gasteiger partial charge in [0.05, 0.1) is 31.2 Å². The molecule has 8 heteroatoms. The van der Waals surface area contributed by atoms with Crippen molar-refractivity contribution >= 4 is 29.1 Å². The number of esters is 1. The molecule has 210 valence electrons. The molecular weight excluding hydrogens is 502 g/mol. The molecule has 3 rings (SSSR count). The smallest absolute Gasteiger partial charge is 0.307 e. The predicted octanol–water partition coefficient (Wildman–Crippen LogP) is 6.34.